The summed E-state index contributed by atoms with van der Waals surface area (Å²) in [4.78, 5) is 11.4. The lowest BCUT2D eigenvalue weighted by atomic mass is 10.1. The Morgan fingerprint density at radius 3 is 2.48 bits per heavy atom. The quantitative estimate of drug-likeness (QED) is 0.782. The van der Waals surface area contributed by atoms with Gasteiger partial charge in [-0.05, 0) is 55.8 Å². The van der Waals surface area contributed by atoms with Gasteiger partial charge < -0.3 is 9.47 Å². The average molecular weight is 288 g/mol. The number of aryl methyl sites for hydroxylation is 1. The maximum Gasteiger partial charge on any atom is 0.159 e. The number of hydrogen-bond donors (Lipinski definition) is 0. The van der Waals surface area contributed by atoms with Crippen LogP contribution in [0.1, 0.15) is 28.4 Å². The van der Waals surface area contributed by atoms with Crippen molar-refractivity contribution in [3.63, 3.8) is 0 Å². The van der Waals surface area contributed by atoms with Crippen LogP contribution >= 0.6 is 0 Å². The standard InChI is InChI=1S/C17H17FO3/c1-11-8-15(18)5-7-16(11)21-10-14-9-13(12(2)19)4-6-17(14)20-3/h4-9H,10H2,1-3H3. The molecule has 3 nitrogen and oxygen atoms in total. The van der Waals surface area contributed by atoms with Crippen LogP contribution in [0.25, 0.3) is 0 Å². The normalized spacial score (nSPS) is 10.3. The van der Waals surface area contributed by atoms with Gasteiger partial charge in [-0.2, -0.15) is 0 Å². The monoisotopic (exact) mass is 288 g/mol. The van der Waals surface area contributed by atoms with Crippen LogP contribution < -0.4 is 9.47 Å². The van der Waals surface area contributed by atoms with E-state index in [1.807, 2.05) is 0 Å². The Kier molecular flexibility index (Phi) is 4.58. The van der Waals surface area contributed by atoms with E-state index in [1.165, 1.54) is 19.1 Å². The average Bonchev–Trinajstić information content (AvgIpc) is 2.46. The van der Waals surface area contributed by atoms with Crippen molar-refractivity contribution in [3.8, 4) is 11.5 Å². The molecule has 2 rings (SSSR count). The van der Waals surface area contributed by atoms with Gasteiger partial charge in [-0.3, -0.25) is 4.79 Å². The number of ether oxygens (including phenoxy) is 2. The summed E-state index contributed by atoms with van der Waals surface area (Å²) < 4.78 is 24.0. The topological polar surface area (TPSA) is 35.5 Å². The van der Waals surface area contributed by atoms with Crippen LogP contribution in [0.15, 0.2) is 36.4 Å². The molecule has 0 atom stereocenters. The number of hydrogen-bond acceptors (Lipinski definition) is 3. The Balaban J connectivity index is 2.22. The van der Waals surface area contributed by atoms with E-state index in [-0.39, 0.29) is 18.2 Å². The van der Waals surface area contributed by atoms with Gasteiger partial charge in [-0.1, -0.05) is 0 Å². The van der Waals surface area contributed by atoms with Crippen molar-refractivity contribution in [2.45, 2.75) is 20.5 Å². The lowest BCUT2D eigenvalue weighted by Gasteiger charge is -2.13. The Bertz CT molecular complexity index is 665. The van der Waals surface area contributed by atoms with E-state index in [0.29, 0.717) is 17.1 Å². The molecule has 0 N–H and O–H groups in total. The number of Topliss-reactive ketones (excluding diaryl/α,β-unsaturated/α-hetero) is 1. The molecule has 21 heavy (non-hydrogen) atoms. The zero-order valence-corrected chi connectivity index (χ0v) is 12.3. The third-order valence-corrected chi connectivity index (χ3v) is 3.21. The van der Waals surface area contributed by atoms with Crippen LogP contribution in [0.3, 0.4) is 0 Å². The van der Waals surface area contributed by atoms with E-state index in [1.54, 1.807) is 38.3 Å². The van der Waals surface area contributed by atoms with Crippen LogP contribution in [0, 0.1) is 12.7 Å². The molecule has 0 saturated carbocycles. The lowest BCUT2D eigenvalue weighted by molar-refractivity contribution is 0.101. The number of benzene rings is 2. The molecule has 0 fully saturated rings. The highest BCUT2D eigenvalue weighted by molar-refractivity contribution is 5.94. The maximum absolute atomic E-state index is 13.1. The fraction of sp³-hybridized carbons (Fsp3) is 0.235. The molecule has 0 aromatic heterocycles. The third-order valence-electron chi connectivity index (χ3n) is 3.21. The third kappa shape index (κ3) is 3.60. The van der Waals surface area contributed by atoms with Gasteiger partial charge in [0.25, 0.3) is 0 Å². The molecular formula is C17H17FO3. The SMILES string of the molecule is COc1ccc(C(C)=O)cc1COc1ccc(F)cc1C. The minimum absolute atomic E-state index is 0.0168. The molecule has 0 saturated heterocycles. The fourth-order valence-electron chi connectivity index (χ4n) is 2.04. The van der Waals surface area contributed by atoms with E-state index < -0.39 is 0 Å². The summed E-state index contributed by atoms with van der Waals surface area (Å²) in [6.07, 6.45) is 0. The van der Waals surface area contributed by atoms with E-state index in [0.717, 1.165) is 11.1 Å². The van der Waals surface area contributed by atoms with Crippen LogP contribution in [0.2, 0.25) is 0 Å². The van der Waals surface area contributed by atoms with Gasteiger partial charge in [0, 0.05) is 11.1 Å². The molecule has 0 radical (unpaired) electrons. The number of carbonyl (C=O) groups is 1. The fourth-order valence-corrected chi connectivity index (χ4v) is 2.04. The molecule has 4 heteroatoms. The highest BCUT2D eigenvalue weighted by Gasteiger charge is 2.09. The number of rotatable bonds is 5. The second kappa shape index (κ2) is 6.39. The van der Waals surface area contributed by atoms with E-state index in [4.69, 9.17) is 9.47 Å². The lowest BCUT2D eigenvalue weighted by Crippen LogP contribution is -2.02. The molecule has 0 aliphatic carbocycles. The van der Waals surface area contributed by atoms with Crippen molar-refractivity contribution in [1.82, 2.24) is 0 Å². The van der Waals surface area contributed by atoms with Crippen LogP contribution in [0.5, 0.6) is 11.5 Å². The number of ketones is 1. The molecule has 0 heterocycles. The van der Waals surface area contributed by atoms with Crippen molar-refractivity contribution >= 4 is 5.78 Å². The summed E-state index contributed by atoms with van der Waals surface area (Å²) in [6, 6.07) is 9.57. The van der Waals surface area contributed by atoms with E-state index in [2.05, 4.69) is 0 Å². The van der Waals surface area contributed by atoms with Crippen molar-refractivity contribution < 1.29 is 18.7 Å². The first-order valence-corrected chi connectivity index (χ1v) is 6.58. The second-order valence-corrected chi connectivity index (χ2v) is 4.78. The molecule has 0 aliphatic heterocycles. The molecular weight excluding hydrogens is 271 g/mol. The number of methoxy groups -OCH3 is 1. The highest BCUT2D eigenvalue weighted by atomic mass is 19.1. The molecule has 110 valence electrons. The zero-order valence-electron chi connectivity index (χ0n) is 12.3. The van der Waals surface area contributed by atoms with E-state index >= 15 is 0 Å². The van der Waals surface area contributed by atoms with Crippen LogP contribution in [-0.4, -0.2) is 12.9 Å². The smallest absolute Gasteiger partial charge is 0.159 e. The maximum atomic E-state index is 13.1. The molecule has 2 aromatic rings. The van der Waals surface area contributed by atoms with Crippen LogP contribution in [0.4, 0.5) is 4.39 Å². The summed E-state index contributed by atoms with van der Waals surface area (Å²) >= 11 is 0. The predicted octanol–water partition coefficient (Wildman–Crippen LogP) is 3.92. The van der Waals surface area contributed by atoms with Gasteiger partial charge in [-0.25, -0.2) is 4.39 Å². The Morgan fingerprint density at radius 1 is 1.14 bits per heavy atom. The predicted molar refractivity (Wildman–Crippen MR) is 78.5 cm³/mol. The van der Waals surface area contributed by atoms with Crippen molar-refractivity contribution in [2.24, 2.45) is 0 Å². The summed E-state index contributed by atoms with van der Waals surface area (Å²) in [5, 5.41) is 0. The summed E-state index contributed by atoms with van der Waals surface area (Å²) in [5.41, 5.74) is 2.09. The Hall–Kier alpha value is -2.36. The first-order chi connectivity index (χ1) is 10.0. The minimum atomic E-state index is -0.295. The number of halogens is 1. The largest absolute Gasteiger partial charge is 0.496 e. The van der Waals surface area contributed by atoms with Crippen molar-refractivity contribution in [2.75, 3.05) is 7.11 Å². The van der Waals surface area contributed by atoms with Crippen LogP contribution in [-0.2, 0) is 6.61 Å². The second-order valence-electron chi connectivity index (χ2n) is 4.78. The molecule has 0 unspecified atom stereocenters. The minimum Gasteiger partial charge on any atom is -0.496 e. The van der Waals surface area contributed by atoms with Gasteiger partial charge in [0.1, 0.15) is 23.9 Å². The molecule has 2 aromatic carbocycles. The van der Waals surface area contributed by atoms with Crippen molar-refractivity contribution in [1.29, 1.82) is 0 Å². The van der Waals surface area contributed by atoms with Gasteiger partial charge in [-0.15, -0.1) is 0 Å². The van der Waals surface area contributed by atoms with Gasteiger partial charge in [0.15, 0.2) is 5.78 Å². The van der Waals surface area contributed by atoms with E-state index in [9.17, 15) is 9.18 Å². The zero-order chi connectivity index (χ0) is 15.4. The summed E-state index contributed by atoms with van der Waals surface area (Å²) in [6.45, 7) is 3.54. The first-order valence-electron chi connectivity index (χ1n) is 6.58. The molecule has 0 spiro atoms. The first kappa shape index (κ1) is 15.0. The van der Waals surface area contributed by atoms with Gasteiger partial charge in [0.2, 0.25) is 0 Å². The highest BCUT2D eigenvalue weighted by Crippen LogP contribution is 2.24. The van der Waals surface area contributed by atoms with Gasteiger partial charge >= 0.3 is 0 Å². The summed E-state index contributed by atoms with van der Waals surface area (Å²) in [7, 11) is 1.56. The van der Waals surface area contributed by atoms with Gasteiger partial charge in [0.05, 0.1) is 7.11 Å². The summed E-state index contributed by atoms with van der Waals surface area (Å²) in [5.74, 6) is 0.944. The number of carbonyl (C=O) groups excluding carboxylic acids is 1. The Labute approximate surface area is 123 Å². The Morgan fingerprint density at radius 2 is 1.86 bits per heavy atom. The molecule has 0 bridgehead atoms. The van der Waals surface area contributed by atoms with Crippen molar-refractivity contribution in [3.05, 3.63) is 58.9 Å². The molecule has 0 amide bonds. The molecule has 0 aliphatic rings.